The fourth-order valence-electron chi connectivity index (χ4n) is 2.14. The number of benzene rings is 1. The van der Waals surface area contributed by atoms with Gasteiger partial charge in [-0.2, -0.15) is 0 Å². The van der Waals surface area contributed by atoms with Gasteiger partial charge in [0.2, 0.25) is 0 Å². The number of nitrogens with two attached hydrogens (primary N) is 1. The minimum absolute atomic E-state index is 0.150. The van der Waals surface area contributed by atoms with Gasteiger partial charge < -0.3 is 20.5 Å². The maximum absolute atomic E-state index is 12.3. The number of amides is 1. The fraction of sp³-hybridized carbons (Fsp3) is 0.294. The van der Waals surface area contributed by atoms with Crippen LogP contribution in [0.2, 0.25) is 0 Å². The number of hydrogen-bond donors (Lipinski definition) is 3. The first kappa shape index (κ1) is 20.3. The van der Waals surface area contributed by atoms with Gasteiger partial charge >= 0.3 is 5.97 Å². The monoisotopic (exact) mass is 392 g/mol. The van der Waals surface area contributed by atoms with E-state index in [-0.39, 0.29) is 16.7 Å². The van der Waals surface area contributed by atoms with Crippen molar-refractivity contribution in [2.24, 2.45) is 0 Å². The number of carbonyl (C=O) groups is 2. The van der Waals surface area contributed by atoms with Crippen LogP contribution in [0.3, 0.4) is 0 Å². The van der Waals surface area contributed by atoms with Crippen LogP contribution in [0, 0.1) is 0 Å². The smallest absolute Gasteiger partial charge is 0.319 e. The van der Waals surface area contributed by atoms with E-state index < -0.39 is 22.7 Å². The van der Waals surface area contributed by atoms with Crippen LogP contribution in [0.4, 0.5) is 11.5 Å². The zero-order valence-corrected chi connectivity index (χ0v) is 15.9. The van der Waals surface area contributed by atoms with Gasteiger partial charge in [0.15, 0.2) is 11.0 Å². The number of H-pyrrole nitrogens is 1. The van der Waals surface area contributed by atoms with Crippen molar-refractivity contribution in [3.63, 3.8) is 0 Å². The number of ether oxygens (including phenoxy) is 2. The highest BCUT2D eigenvalue weighted by molar-refractivity contribution is 8.00. The second-order valence-electron chi connectivity index (χ2n) is 5.35. The average molecular weight is 392 g/mol. The van der Waals surface area contributed by atoms with Gasteiger partial charge in [0.25, 0.3) is 11.5 Å². The van der Waals surface area contributed by atoms with Crippen LogP contribution in [0.5, 0.6) is 5.75 Å². The van der Waals surface area contributed by atoms with E-state index in [2.05, 4.69) is 15.3 Å². The molecule has 0 saturated carbocycles. The number of nitrogens with zero attached hydrogens (tertiary/aromatic N) is 1. The zero-order valence-electron chi connectivity index (χ0n) is 15.1. The van der Waals surface area contributed by atoms with Crippen molar-refractivity contribution in [3.05, 3.63) is 40.2 Å². The zero-order chi connectivity index (χ0) is 20.0. The van der Waals surface area contributed by atoms with Crippen molar-refractivity contribution in [2.75, 3.05) is 25.3 Å². The Morgan fingerprint density at radius 1 is 1.30 bits per heavy atom. The molecule has 0 spiro atoms. The molecule has 0 aliphatic carbocycles. The minimum Gasteiger partial charge on any atom is -0.497 e. The van der Waals surface area contributed by atoms with Crippen LogP contribution in [0.25, 0.3) is 0 Å². The number of thioether (sulfide) groups is 1. The van der Waals surface area contributed by atoms with E-state index in [9.17, 15) is 14.4 Å². The quantitative estimate of drug-likeness (QED) is 0.368. The lowest BCUT2D eigenvalue weighted by Crippen LogP contribution is -2.24. The second kappa shape index (κ2) is 9.08. The highest BCUT2D eigenvalue weighted by atomic mass is 32.2. The van der Waals surface area contributed by atoms with Crippen LogP contribution in [0.1, 0.15) is 23.7 Å². The number of methoxy groups -OCH3 is 2. The van der Waals surface area contributed by atoms with E-state index in [1.807, 2.05) is 0 Å². The Morgan fingerprint density at radius 2 is 1.96 bits per heavy atom. The molecule has 1 atom stereocenters. The van der Waals surface area contributed by atoms with Crippen LogP contribution in [-0.4, -0.2) is 41.3 Å². The third-order valence-corrected chi connectivity index (χ3v) is 4.83. The standard InChI is InChI=1S/C17H20N4O5S/c1-4-11(16(24)26-3)27-17-20-13(18)12(15(23)21-17)19-14(22)9-5-7-10(25-2)8-6-9/h5-8,11H,4H2,1-3H3,(H,19,22)(H3,18,20,21,23)/t11-/m0/s1. The number of aromatic amines is 1. The van der Waals surface area contributed by atoms with E-state index in [4.69, 9.17) is 15.2 Å². The molecular weight excluding hydrogens is 372 g/mol. The van der Waals surface area contributed by atoms with Gasteiger partial charge in [0, 0.05) is 5.56 Å². The predicted molar refractivity (Wildman–Crippen MR) is 102 cm³/mol. The van der Waals surface area contributed by atoms with Crippen molar-refractivity contribution >= 4 is 35.1 Å². The molecular formula is C17H20N4O5S. The van der Waals surface area contributed by atoms with Crippen molar-refractivity contribution < 1.29 is 19.1 Å². The number of nitrogen functional groups attached to an aromatic ring is 1. The van der Waals surface area contributed by atoms with E-state index in [1.165, 1.54) is 14.2 Å². The number of rotatable bonds is 7. The van der Waals surface area contributed by atoms with E-state index in [0.29, 0.717) is 17.7 Å². The first-order valence-electron chi connectivity index (χ1n) is 7.99. The lowest BCUT2D eigenvalue weighted by Gasteiger charge is -2.12. The summed E-state index contributed by atoms with van der Waals surface area (Å²) in [6, 6.07) is 6.35. The molecule has 144 valence electrons. The molecule has 1 amide bonds. The number of hydrogen-bond acceptors (Lipinski definition) is 8. The van der Waals surface area contributed by atoms with Crippen LogP contribution < -0.4 is 21.3 Å². The Hall–Kier alpha value is -3.01. The molecule has 0 aliphatic rings. The van der Waals surface area contributed by atoms with Gasteiger partial charge in [-0.1, -0.05) is 18.7 Å². The lowest BCUT2D eigenvalue weighted by atomic mass is 10.2. The molecule has 1 heterocycles. The van der Waals surface area contributed by atoms with E-state index in [1.54, 1.807) is 31.2 Å². The Kier molecular flexibility index (Phi) is 6.83. The third kappa shape index (κ3) is 5.00. The molecule has 2 rings (SSSR count). The molecule has 0 bridgehead atoms. The fourth-order valence-corrected chi connectivity index (χ4v) is 3.07. The van der Waals surface area contributed by atoms with Crippen LogP contribution in [0.15, 0.2) is 34.2 Å². The van der Waals surface area contributed by atoms with Gasteiger partial charge in [-0.05, 0) is 30.7 Å². The highest BCUT2D eigenvalue weighted by Gasteiger charge is 2.21. The van der Waals surface area contributed by atoms with Gasteiger partial charge in [-0.3, -0.25) is 19.4 Å². The van der Waals surface area contributed by atoms with E-state index >= 15 is 0 Å². The van der Waals surface area contributed by atoms with Gasteiger partial charge in [-0.15, -0.1) is 0 Å². The largest absolute Gasteiger partial charge is 0.497 e. The summed E-state index contributed by atoms with van der Waals surface area (Å²) in [7, 11) is 2.80. The summed E-state index contributed by atoms with van der Waals surface area (Å²) < 4.78 is 9.73. The van der Waals surface area contributed by atoms with Gasteiger partial charge in [0.1, 0.15) is 16.7 Å². The molecule has 27 heavy (non-hydrogen) atoms. The molecule has 0 aliphatic heterocycles. The normalized spacial score (nSPS) is 11.5. The Bertz CT molecular complexity index is 882. The van der Waals surface area contributed by atoms with Crippen molar-refractivity contribution in [3.8, 4) is 5.75 Å². The number of carbonyl (C=O) groups excluding carboxylic acids is 2. The molecule has 10 heteroatoms. The molecule has 0 radical (unpaired) electrons. The summed E-state index contributed by atoms with van der Waals surface area (Å²) in [5.74, 6) is -0.496. The van der Waals surface area contributed by atoms with Crippen molar-refractivity contribution in [1.29, 1.82) is 0 Å². The predicted octanol–water partition coefficient (Wildman–Crippen LogP) is 1.66. The summed E-state index contributed by atoms with van der Waals surface area (Å²) in [6.07, 6.45) is 0.483. The first-order valence-corrected chi connectivity index (χ1v) is 8.87. The Morgan fingerprint density at radius 3 is 2.48 bits per heavy atom. The van der Waals surface area contributed by atoms with E-state index in [0.717, 1.165) is 11.8 Å². The Labute approximate surface area is 159 Å². The number of nitrogens with one attached hydrogen (secondary N) is 2. The summed E-state index contributed by atoms with van der Waals surface area (Å²) in [4.78, 5) is 42.8. The first-order chi connectivity index (χ1) is 12.9. The molecule has 2 aromatic rings. The number of aromatic nitrogens is 2. The molecule has 0 unspecified atom stereocenters. The average Bonchev–Trinajstić information content (AvgIpc) is 2.68. The molecule has 0 saturated heterocycles. The number of esters is 1. The highest BCUT2D eigenvalue weighted by Crippen LogP contribution is 2.24. The summed E-state index contributed by atoms with van der Waals surface area (Å²) in [5, 5.41) is 2.08. The molecule has 1 aromatic heterocycles. The topological polar surface area (TPSA) is 136 Å². The maximum atomic E-state index is 12.3. The van der Waals surface area contributed by atoms with Crippen LogP contribution >= 0.6 is 11.8 Å². The molecule has 9 nitrogen and oxygen atoms in total. The van der Waals surface area contributed by atoms with Crippen molar-refractivity contribution in [1.82, 2.24) is 9.97 Å². The lowest BCUT2D eigenvalue weighted by molar-refractivity contribution is -0.140. The minimum atomic E-state index is -0.619. The Balaban J connectivity index is 2.19. The molecule has 0 fully saturated rings. The SMILES string of the molecule is CC[C@H](Sc1nc(N)c(NC(=O)c2ccc(OC)cc2)c(=O)[nH]1)C(=O)OC. The van der Waals surface area contributed by atoms with Gasteiger partial charge in [0.05, 0.1) is 14.2 Å². The maximum Gasteiger partial charge on any atom is 0.319 e. The van der Waals surface area contributed by atoms with Crippen LogP contribution in [-0.2, 0) is 9.53 Å². The second-order valence-corrected chi connectivity index (χ2v) is 6.54. The molecule has 4 N–H and O–H groups in total. The molecule has 1 aromatic carbocycles. The summed E-state index contributed by atoms with van der Waals surface area (Å²) >= 11 is 1.03. The summed E-state index contributed by atoms with van der Waals surface area (Å²) in [6.45, 7) is 1.81. The number of anilines is 2. The van der Waals surface area contributed by atoms with Gasteiger partial charge in [-0.25, -0.2) is 4.98 Å². The van der Waals surface area contributed by atoms with Crippen molar-refractivity contribution in [2.45, 2.75) is 23.8 Å². The summed E-state index contributed by atoms with van der Waals surface area (Å²) in [5.41, 5.74) is 5.37. The third-order valence-electron chi connectivity index (χ3n) is 3.61.